The average molecular weight is 899 g/mol. The maximum absolute atomic E-state index is 14.0. The van der Waals surface area contributed by atoms with Crippen LogP contribution in [0.5, 0.6) is 0 Å². The number of hydrogen-bond acceptors (Lipinski definition) is 3. The summed E-state index contributed by atoms with van der Waals surface area (Å²) in [4.78, 5) is 28.0. The topological polar surface area (TPSA) is 43.4 Å². The lowest BCUT2D eigenvalue weighted by Crippen LogP contribution is -2.20. The molecule has 16 aromatic carbocycles. The van der Waals surface area contributed by atoms with Crippen LogP contribution in [0.2, 0.25) is 0 Å². The Labute approximate surface area is 403 Å². The second kappa shape index (κ2) is 13.2. The first-order valence-electron chi connectivity index (χ1n) is 24.2. The van der Waals surface area contributed by atoms with E-state index in [1.54, 1.807) is 0 Å². The molecule has 0 unspecified atom stereocenters. The Morgan fingerprint density at radius 3 is 0.620 bits per heavy atom. The van der Waals surface area contributed by atoms with E-state index in [-0.39, 0.29) is 0 Å². The van der Waals surface area contributed by atoms with Gasteiger partial charge >= 0.3 is 11.9 Å². The van der Waals surface area contributed by atoms with E-state index < -0.39 is 11.9 Å². The lowest BCUT2D eigenvalue weighted by molar-refractivity contribution is 0.0394. The third-order valence-corrected chi connectivity index (χ3v) is 15.9. The van der Waals surface area contributed by atoms with Crippen molar-refractivity contribution in [2.45, 2.75) is 0 Å². The van der Waals surface area contributed by atoms with Gasteiger partial charge < -0.3 is 4.74 Å². The van der Waals surface area contributed by atoms with Crippen molar-refractivity contribution >= 4 is 174 Å². The summed E-state index contributed by atoms with van der Waals surface area (Å²) in [6, 6.07) is 75.7. The molecular formula is C68H34O3. The van der Waals surface area contributed by atoms with Gasteiger partial charge in [-0.25, -0.2) is 9.59 Å². The second-order valence-corrected chi connectivity index (χ2v) is 20.1. The van der Waals surface area contributed by atoms with E-state index in [0.717, 1.165) is 70.0 Å². The highest BCUT2D eigenvalue weighted by molar-refractivity contribution is 6.32. The van der Waals surface area contributed by atoms with E-state index in [1.807, 2.05) is 0 Å². The van der Waals surface area contributed by atoms with E-state index >= 15 is 0 Å². The zero-order chi connectivity index (χ0) is 46.4. The summed E-state index contributed by atoms with van der Waals surface area (Å²) in [7, 11) is 0. The van der Waals surface area contributed by atoms with Crippen molar-refractivity contribution in [3.8, 4) is 0 Å². The van der Waals surface area contributed by atoms with Crippen LogP contribution in [0.4, 0.5) is 0 Å². The molecule has 1 heterocycles. The number of carbonyl (C=O) groups excluding carboxylic acids is 2. The van der Waals surface area contributed by atoms with Crippen molar-refractivity contribution in [2.24, 2.45) is 0 Å². The highest BCUT2D eigenvalue weighted by Crippen LogP contribution is 2.43. The van der Waals surface area contributed by atoms with Gasteiger partial charge in [-0.1, -0.05) is 48.5 Å². The van der Waals surface area contributed by atoms with Gasteiger partial charge in [-0.15, -0.1) is 0 Å². The molecule has 0 aromatic heterocycles. The number of benzene rings is 16. The molecule has 71 heavy (non-hydrogen) atoms. The molecule has 0 saturated heterocycles. The Balaban J connectivity index is 0.825. The molecule has 0 amide bonds. The van der Waals surface area contributed by atoms with Crippen LogP contribution in [0.25, 0.3) is 162 Å². The molecule has 0 bridgehead atoms. The standard InChI is InChI=1S/C68H34O3/c69-67-65-62-33-57-27-53-23-46-16-42-12-38-8-4-3-7-37(38)11-41(42)15-45(46)19-51(53)25-55(57)29-59(62)31-61-32-60-30-56-26-52-22-49-20-47-17-43-13-39-9-35-5-1-2-6-36(35)10-40(39)14-44(43)18-48(47)21-50(49)24-54(52)28-58(56)34-63(60)66(64(61)65)68(70)71-67/h1-34H. The van der Waals surface area contributed by atoms with E-state index in [1.165, 1.54) is 86.2 Å². The molecule has 0 atom stereocenters. The second-order valence-electron chi connectivity index (χ2n) is 20.1. The molecule has 0 radical (unpaired) electrons. The fourth-order valence-electron chi connectivity index (χ4n) is 12.5. The van der Waals surface area contributed by atoms with Gasteiger partial charge in [0.15, 0.2) is 0 Å². The van der Waals surface area contributed by atoms with Crippen LogP contribution in [0.15, 0.2) is 206 Å². The number of hydrogen-bond donors (Lipinski definition) is 0. The Morgan fingerprint density at radius 1 is 0.197 bits per heavy atom. The lowest BCUT2D eigenvalue weighted by atomic mass is 9.86. The van der Waals surface area contributed by atoms with Gasteiger partial charge in [-0.05, 0) is 314 Å². The van der Waals surface area contributed by atoms with Crippen LogP contribution in [0.3, 0.4) is 0 Å². The van der Waals surface area contributed by atoms with Gasteiger partial charge in [0.1, 0.15) is 0 Å². The molecule has 1 aliphatic heterocycles. The number of cyclic esters (lactones) is 2. The molecule has 16 aromatic rings. The summed E-state index contributed by atoms with van der Waals surface area (Å²) in [5.74, 6) is -1.22. The van der Waals surface area contributed by atoms with Gasteiger partial charge in [0.05, 0.1) is 11.1 Å². The monoisotopic (exact) mass is 898 g/mol. The molecule has 0 aliphatic carbocycles. The number of rotatable bonds is 0. The summed E-state index contributed by atoms with van der Waals surface area (Å²) in [5, 5.41) is 33.2. The van der Waals surface area contributed by atoms with Crippen molar-refractivity contribution in [1.82, 2.24) is 0 Å². The number of fused-ring (bicyclic) bond motifs is 16. The quantitative estimate of drug-likeness (QED) is 0.0865. The van der Waals surface area contributed by atoms with E-state index in [4.69, 9.17) is 4.74 Å². The zero-order valence-corrected chi connectivity index (χ0v) is 37.9. The minimum absolute atomic E-state index is 0.444. The van der Waals surface area contributed by atoms with E-state index in [0.29, 0.717) is 16.5 Å². The molecule has 0 spiro atoms. The largest absolute Gasteiger partial charge is 0.386 e. The van der Waals surface area contributed by atoms with Crippen LogP contribution in [-0.2, 0) is 4.74 Å². The molecular weight excluding hydrogens is 865 g/mol. The van der Waals surface area contributed by atoms with Crippen molar-refractivity contribution in [1.29, 1.82) is 0 Å². The molecule has 324 valence electrons. The lowest BCUT2D eigenvalue weighted by Gasteiger charge is -2.20. The summed E-state index contributed by atoms with van der Waals surface area (Å²) in [5.41, 5.74) is 0.888. The SMILES string of the molecule is O=C1OC(=O)c2c3cc4cc5cc6cc7cc8cc9cc%10ccccc%10cc9cc8cc7cc6cc5cc4cc3cc3cc4cc5cc6cc7cc8cc9ccccc9cc8cc7cc6cc5cc4c1c23. The first-order valence-corrected chi connectivity index (χ1v) is 24.2. The predicted molar refractivity (Wildman–Crippen MR) is 299 cm³/mol. The van der Waals surface area contributed by atoms with Crippen molar-refractivity contribution < 1.29 is 14.3 Å². The van der Waals surface area contributed by atoms with Crippen LogP contribution < -0.4 is 0 Å². The third kappa shape index (κ3) is 5.38. The molecule has 0 fully saturated rings. The van der Waals surface area contributed by atoms with E-state index in [9.17, 15) is 9.59 Å². The third-order valence-electron chi connectivity index (χ3n) is 15.9. The van der Waals surface area contributed by atoms with Crippen LogP contribution in [0, 0.1) is 0 Å². The van der Waals surface area contributed by atoms with Gasteiger partial charge in [-0.2, -0.15) is 0 Å². The molecule has 3 heteroatoms. The summed E-state index contributed by atoms with van der Waals surface area (Å²) >= 11 is 0. The van der Waals surface area contributed by atoms with E-state index in [2.05, 4.69) is 206 Å². The molecule has 3 nitrogen and oxygen atoms in total. The molecule has 1 aliphatic rings. The van der Waals surface area contributed by atoms with Crippen LogP contribution in [-0.4, -0.2) is 11.9 Å². The summed E-state index contributed by atoms with van der Waals surface area (Å²) in [6.45, 7) is 0. The number of ether oxygens (including phenoxy) is 1. The Kier molecular flexibility index (Phi) is 6.98. The first-order chi connectivity index (χ1) is 34.8. The maximum Gasteiger partial charge on any atom is 0.347 e. The highest BCUT2D eigenvalue weighted by Gasteiger charge is 2.32. The number of esters is 2. The fourth-order valence-corrected chi connectivity index (χ4v) is 12.5. The van der Waals surface area contributed by atoms with Gasteiger partial charge in [0.25, 0.3) is 0 Å². The fraction of sp³-hybridized carbons (Fsp3) is 0. The Bertz CT molecular complexity index is 5300. The first kappa shape index (κ1) is 37.5. The Morgan fingerprint density at radius 2 is 0.380 bits per heavy atom. The van der Waals surface area contributed by atoms with Crippen molar-refractivity contribution in [3.05, 3.63) is 217 Å². The zero-order valence-electron chi connectivity index (χ0n) is 37.9. The van der Waals surface area contributed by atoms with Crippen LogP contribution in [0.1, 0.15) is 20.7 Å². The van der Waals surface area contributed by atoms with Gasteiger partial charge in [0.2, 0.25) is 0 Å². The van der Waals surface area contributed by atoms with Crippen molar-refractivity contribution in [3.63, 3.8) is 0 Å². The van der Waals surface area contributed by atoms with Crippen LogP contribution >= 0.6 is 0 Å². The average Bonchev–Trinajstić information content (AvgIpc) is 3.36. The molecule has 17 rings (SSSR count). The smallest absolute Gasteiger partial charge is 0.347 e. The minimum Gasteiger partial charge on any atom is -0.386 e. The molecule has 0 N–H and O–H groups in total. The normalized spacial score (nSPS) is 13.2. The summed E-state index contributed by atoms with van der Waals surface area (Å²) in [6.07, 6.45) is 0. The number of carbonyl (C=O) groups is 2. The van der Waals surface area contributed by atoms with Gasteiger partial charge in [-0.3, -0.25) is 0 Å². The predicted octanol–water partition coefficient (Wildman–Crippen LogP) is 18.3. The Hall–Kier alpha value is -9.44. The summed E-state index contributed by atoms with van der Waals surface area (Å²) < 4.78 is 5.66. The highest BCUT2D eigenvalue weighted by atomic mass is 16.6. The maximum atomic E-state index is 14.0. The van der Waals surface area contributed by atoms with Crippen molar-refractivity contribution in [2.75, 3.05) is 0 Å². The van der Waals surface area contributed by atoms with Gasteiger partial charge in [0, 0.05) is 5.39 Å². The minimum atomic E-state index is -0.608. The molecule has 0 saturated carbocycles.